The molecule has 2 aromatic rings. The van der Waals surface area contributed by atoms with Crippen molar-refractivity contribution in [3.63, 3.8) is 0 Å². The minimum absolute atomic E-state index is 0.0363. The zero-order valence-corrected chi connectivity index (χ0v) is 9.46. The third-order valence-electron chi connectivity index (χ3n) is 2.34. The topological polar surface area (TPSA) is 55.6 Å². The second-order valence-corrected chi connectivity index (χ2v) is 3.54. The predicted molar refractivity (Wildman–Crippen MR) is 60.8 cm³/mol. The van der Waals surface area contributed by atoms with Crippen molar-refractivity contribution in [2.75, 3.05) is 6.54 Å². The van der Waals surface area contributed by atoms with Gasteiger partial charge in [-0.05, 0) is 18.7 Å². The number of hydrogen-bond donors (Lipinski definition) is 1. The molecule has 0 saturated heterocycles. The van der Waals surface area contributed by atoms with Gasteiger partial charge in [0.05, 0.1) is 17.4 Å². The van der Waals surface area contributed by atoms with E-state index in [9.17, 15) is 0 Å². The first-order chi connectivity index (χ1) is 7.81. The van der Waals surface area contributed by atoms with Gasteiger partial charge in [0.2, 0.25) is 0 Å². The van der Waals surface area contributed by atoms with Gasteiger partial charge in [0, 0.05) is 19.4 Å². The Balaban J connectivity index is 2.31. The molecule has 84 valence electrons. The van der Waals surface area contributed by atoms with E-state index in [1.807, 2.05) is 25.4 Å². The van der Waals surface area contributed by atoms with Crippen molar-refractivity contribution in [2.45, 2.75) is 13.0 Å². The van der Waals surface area contributed by atoms with Crippen LogP contribution in [0.25, 0.3) is 0 Å². The fraction of sp³-hybridized carbons (Fsp3) is 0.364. The molecule has 16 heavy (non-hydrogen) atoms. The SMILES string of the molecule is CCNC(c1ccncn1)c1ccn(C)n1. The molecule has 2 aromatic heterocycles. The highest BCUT2D eigenvalue weighted by molar-refractivity contribution is 5.19. The summed E-state index contributed by atoms with van der Waals surface area (Å²) in [5.41, 5.74) is 1.92. The molecule has 2 rings (SSSR count). The lowest BCUT2D eigenvalue weighted by Gasteiger charge is -2.14. The quantitative estimate of drug-likeness (QED) is 0.827. The number of aryl methyl sites for hydroxylation is 1. The van der Waals surface area contributed by atoms with Crippen molar-refractivity contribution < 1.29 is 0 Å². The van der Waals surface area contributed by atoms with Gasteiger partial charge in [0.1, 0.15) is 6.33 Å². The molecule has 0 aliphatic rings. The second kappa shape index (κ2) is 4.85. The highest BCUT2D eigenvalue weighted by Gasteiger charge is 2.16. The molecule has 0 bridgehead atoms. The maximum Gasteiger partial charge on any atom is 0.115 e. The molecule has 1 unspecified atom stereocenters. The summed E-state index contributed by atoms with van der Waals surface area (Å²) >= 11 is 0. The van der Waals surface area contributed by atoms with Gasteiger partial charge < -0.3 is 5.32 Å². The van der Waals surface area contributed by atoms with Crippen molar-refractivity contribution in [3.05, 3.63) is 42.2 Å². The monoisotopic (exact) mass is 217 g/mol. The molecule has 0 radical (unpaired) electrons. The molecule has 0 aliphatic heterocycles. The lowest BCUT2D eigenvalue weighted by molar-refractivity contribution is 0.586. The molecular weight excluding hydrogens is 202 g/mol. The van der Waals surface area contributed by atoms with Crippen LogP contribution in [0.5, 0.6) is 0 Å². The number of rotatable bonds is 4. The van der Waals surface area contributed by atoms with E-state index in [2.05, 4.69) is 27.3 Å². The normalized spacial score (nSPS) is 12.6. The number of aromatic nitrogens is 4. The molecule has 0 amide bonds. The Kier molecular flexibility index (Phi) is 3.26. The molecule has 5 nitrogen and oxygen atoms in total. The van der Waals surface area contributed by atoms with Crippen molar-refractivity contribution in [1.82, 2.24) is 25.1 Å². The Bertz CT molecular complexity index is 437. The molecule has 5 heteroatoms. The van der Waals surface area contributed by atoms with Gasteiger partial charge in [-0.1, -0.05) is 6.92 Å². The number of nitrogens with one attached hydrogen (secondary N) is 1. The van der Waals surface area contributed by atoms with E-state index < -0.39 is 0 Å². The minimum Gasteiger partial charge on any atom is -0.304 e. The van der Waals surface area contributed by atoms with Gasteiger partial charge in [-0.15, -0.1) is 0 Å². The number of nitrogens with zero attached hydrogens (tertiary/aromatic N) is 4. The fourth-order valence-corrected chi connectivity index (χ4v) is 1.62. The standard InChI is InChI=1S/C11H15N5/c1-3-13-11(9-4-6-12-8-14-9)10-5-7-16(2)15-10/h4-8,11,13H,3H2,1-2H3. The molecule has 0 aliphatic carbocycles. The van der Waals surface area contributed by atoms with Crippen LogP contribution in [0.2, 0.25) is 0 Å². The Hall–Kier alpha value is -1.75. The van der Waals surface area contributed by atoms with Crippen LogP contribution in [0, 0.1) is 0 Å². The van der Waals surface area contributed by atoms with Crippen LogP contribution in [0.1, 0.15) is 24.4 Å². The molecule has 1 atom stereocenters. The fourth-order valence-electron chi connectivity index (χ4n) is 1.62. The van der Waals surface area contributed by atoms with Gasteiger partial charge in [0.25, 0.3) is 0 Å². The lowest BCUT2D eigenvalue weighted by Crippen LogP contribution is -2.23. The van der Waals surface area contributed by atoms with Crippen LogP contribution in [0.15, 0.2) is 30.9 Å². The van der Waals surface area contributed by atoms with E-state index in [1.54, 1.807) is 17.2 Å². The van der Waals surface area contributed by atoms with Crippen LogP contribution in [-0.4, -0.2) is 26.3 Å². The molecule has 0 fully saturated rings. The molecule has 2 heterocycles. The summed E-state index contributed by atoms with van der Waals surface area (Å²) in [5, 5.41) is 7.76. The minimum atomic E-state index is 0.0363. The lowest BCUT2D eigenvalue weighted by atomic mass is 10.1. The van der Waals surface area contributed by atoms with Gasteiger partial charge >= 0.3 is 0 Å². The summed E-state index contributed by atoms with van der Waals surface area (Å²) in [6, 6.07) is 3.94. The highest BCUT2D eigenvalue weighted by Crippen LogP contribution is 2.17. The van der Waals surface area contributed by atoms with Gasteiger partial charge in [-0.3, -0.25) is 4.68 Å². The molecular formula is C11H15N5. The van der Waals surface area contributed by atoms with Crippen LogP contribution >= 0.6 is 0 Å². The average molecular weight is 217 g/mol. The summed E-state index contributed by atoms with van der Waals surface area (Å²) in [4.78, 5) is 8.18. The zero-order chi connectivity index (χ0) is 11.4. The van der Waals surface area contributed by atoms with E-state index in [0.29, 0.717) is 0 Å². The first kappa shape index (κ1) is 10.8. The largest absolute Gasteiger partial charge is 0.304 e. The van der Waals surface area contributed by atoms with Crippen molar-refractivity contribution in [3.8, 4) is 0 Å². The van der Waals surface area contributed by atoms with Gasteiger partial charge in [0.15, 0.2) is 0 Å². The van der Waals surface area contributed by atoms with Crippen molar-refractivity contribution in [2.24, 2.45) is 7.05 Å². The summed E-state index contributed by atoms with van der Waals surface area (Å²) in [5.74, 6) is 0. The zero-order valence-electron chi connectivity index (χ0n) is 9.46. The summed E-state index contributed by atoms with van der Waals surface area (Å²) in [6.07, 6.45) is 5.24. The van der Waals surface area contributed by atoms with Crippen LogP contribution in [0.3, 0.4) is 0 Å². The van der Waals surface area contributed by atoms with Gasteiger partial charge in [-0.25, -0.2) is 9.97 Å². The Morgan fingerprint density at radius 3 is 2.81 bits per heavy atom. The third-order valence-corrected chi connectivity index (χ3v) is 2.34. The summed E-state index contributed by atoms with van der Waals surface area (Å²) < 4.78 is 1.79. The Morgan fingerprint density at radius 1 is 1.38 bits per heavy atom. The second-order valence-electron chi connectivity index (χ2n) is 3.54. The summed E-state index contributed by atoms with van der Waals surface area (Å²) in [7, 11) is 1.91. The van der Waals surface area contributed by atoms with E-state index in [0.717, 1.165) is 17.9 Å². The third kappa shape index (κ3) is 2.25. The Morgan fingerprint density at radius 2 is 2.25 bits per heavy atom. The highest BCUT2D eigenvalue weighted by atomic mass is 15.3. The molecule has 0 saturated carbocycles. The summed E-state index contributed by atoms with van der Waals surface area (Å²) in [6.45, 7) is 2.93. The van der Waals surface area contributed by atoms with Gasteiger partial charge in [-0.2, -0.15) is 5.10 Å². The van der Waals surface area contributed by atoms with E-state index >= 15 is 0 Å². The van der Waals surface area contributed by atoms with E-state index in [1.165, 1.54) is 0 Å². The molecule has 1 N–H and O–H groups in total. The average Bonchev–Trinajstić information content (AvgIpc) is 2.74. The van der Waals surface area contributed by atoms with Crippen LogP contribution in [0.4, 0.5) is 0 Å². The van der Waals surface area contributed by atoms with E-state index in [-0.39, 0.29) is 6.04 Å². The smallest absolute Gasteiger partial charge is 0.115 e. The van der Waals surface area contributed by atoms with Crippen LogP contribution < -0.4 is 5.32 Å². The first-order valence-corrected chi connectivity index (χ1v) is 5.30. The van der Waals surface area contributed by atoms with Crippen molar-refractivity contribution >= 4 is 0 Å². The number of hydrogen-bond acceptors (Lipinski definition) is 4. The molecule has 0 spiro atoms. The first-order valence-electron chi connectivity index (χ1n) is 5.30. The predicted octanol–water partition coefficient (Wildman–Crippen LogP) is 0.909. The van der Waals surface area contributed by atoms with Crippen molar-refractivity contribution in [1.29, 1.82) is 0 Å². The molecule has 0 aromatic carbocycles. The Labute approximate surface area is 94.5 Å². The maximum absolute atomic E-state index is 4.40. The van der Waals surface area contributed by atoms with E-state index in [4.69, 9.17) is 0 Å². The maximum atomic E-state index is 4.40. The van der Waals surface area contributed by atoms with Crippen LogP contribution in [-0.2, 0) is 7.05 Å².